The van der Waals surface area contributed by atoms with Crippen LogP contribution in [0.5, 0.6) is 17.2 Å². The number of hydrazone groups is 1. The van der Waals surface area contributed by atoms with Crippen LogP contribution in [0.25, 0.3) is 0 Å². The van der Waals surface area contributed by atoms with E-state index in [1.165, 1.54) is 32.6 Å². The summed E-state index contributed by atoms with van der Waals surface area (Å²) in [4.78, 5) is 24.5. The summed E-state index contributed by atoms with van der Waals surface area (Å²) in [6, 6.07) is 17.9. The fourth-order valence-corrected chi connectivity index (χ4v) is 4.33. The molecular formula is C26H27ClN4O7S. The van der Waals surface area contributed by atoms with Crippen LogP contribution in [0.3, 0.4) is 0 Å². The molecule has 13 heteroatoms. The molecule has 0 aliphatic heterocycles. The molecule has 0 saturated heterocycles. The van der Waals surface area contributed by atoms with E-state index in [4.69, 9.17) is 25.8 Å². The van der Waals surface area contributed by atoms with Gasteiger partial charge in [-0.15, -0.1) is 0 Å². The Balaban J connectivity index is 1.53. The van der Waals surface area contributed by atoms with Gasteiger partial charge in [-0.2, -0.15) is 5.10 Å². The first-order valence-electron chi connectivity index (χ1n) is 11.4. The molecule has 0 saturated carbocycles. The number of anilines is 2. The van der Waals surface area contributed by atoms with Gasteiger partial charge in [-0.05, 0) is 60.2 Å². The topological polar surface area (TPSA) is 136 Å². The zero-order valence-corrected chi connectivity index (χ0v) is 23.0. The van der Waals surface area contributed by atoms with Gasteiger partial charge in [0.05, 0.1) is 32.4 Å². The molecule has 2 N–H and O–H groups in total. The molecule has 0 aliphatic rings. The Hall–Kier alpha value is -4.29. The molecule has 0 aliphatic carbocycles. The first kappa shape index (κ1) is 29.3. The minimum absolute atomic E-state index is 0.201. The second kappa shape index (κ2) is 13.5. The average molecular weight is 575 g/mol. The van der Waals surface area contributed by atoms with Gasteiger partial charge in [0.1, 0.15) is 12.3 Å². The number of benzene rings is 3. The van der Waals surface area contributed by atoms with Gasteiger partial charge in [0, 0.05) is 16.8 Å². The third-order valence-corrected chi connectivity index (χ3v) is 6.48. The Kier molecular flexibility index (Phi) is 10.1. The van der Waals surface area contributed by atoms with E-state index < -0.39 is 22.5 Å². The number of nitrogens with one attached hydrogen (secondary N) is 2. The van der Waals surface area contributed by atoms with Gasteiger partial charge in [-0.25, -0.2) is 13.8 Å². The smallest absolute Gasteiger partial charge is 0.262 e. The largest absolute Gasteiger partial charge is 0.493 e. The Morgan fingerprint density at radius 2 is 1.69 bits per heavy atom. The van der Waals surface area contributed by atoms with Crippen molar-refractivity contribution in [1.29, 1.82) is 0 Å². The van der Waals surface area contributed by atoms with E-state index >= 15 is 0 Å². The molecule has 3 rings (SSSR count). The number of carbonyl (C=O) groups is 2. The van der Waals surface area contributed by atoms with Gasteiger partial charge < -0.3 is 19.5 Å². The van der Waals surface area contributed by atoms with Gasteiger partial charge in [-0.3, -0.25) is 13.9 Å². The number of sulfonamides is 1. The standard InChI is InChI=1S/C26H27ClN4O7S/c1-36-23-12-9-21(14-24(23)37-2)31(39(3,34)35)16-25(32)30-28-15-18-7-10-22(11-8-18)38-17-26(33)29-20-6-4-5-19(27)13-20/h4-15H,16-17H2,1-3H3,(H,29,33)(H,30,32)/b28-15-. The number of halogens is 1. The summed E-state index contributed by atoms with van der Waals surface area (Å²) in [5.41, 5.74) is 3.73. The number of carbonyl (C=O) groups excluding carboxylic acids is 2. The second-order valence-corrected chi connectivity index (χ2v) is 10.4. The first-order valence-corrected chi connectivity index (χ1v) is 13.6. The molecule has 11 nitrogen and oxygen atoms in total. The lowest BCUT2D eigenvalue weighted by Gasteiger charge is -2.22. The molecule has 0 unspecified atom stereocenters. The number of nitrogens with zero attached hydrogens (tertiary/aromatic N) is 2. The van der Waals surface area contributed by atoms with E-state index in [1.807, 2.05) is 0 Å². The van der Waals surface area contributed by atoms with Crippen molar-refractivity contribution in [3.8, 4) is 17.2 Å². The molecular weight excluding hydrogens is 548 g/mol. The summed E-state index contributed by atoms with van der Waals surface area (Å²) in [6.45, 7) is -0.706. The highest BCUT2D eigenvalue weighted by molar-refractivity contribution is 7.92. The number of methoxy groups -OCH3 is 2. The molecule has 0 bridgehead atoms. The van der Waals surface area contributed by atoms with E-state index in [9.17, 15) is 18.0 Å². The van der Waals surface area contributed by atoms with Gasteiger partial charge in [0.15, 0.2) is 18.1 Å². The zero-order valence-electron chi connectivity index (χ0n) is 21.4. The quantitative estimate of drug-likeness (QED) is 0.250. The maximum atomic E-state index is 12.4. The molecule has 2 amide bonds. The minimum Gasteiger partial charge on any atom is -0.493 e. The third kappa shape index (κ3) is 8.90. The highest BCUT2D eigenvalue weighted by Crippen LogP contribution is 2.32. The van der Waals surface area contributed by atoms with Crippen molar-refractivity contribution in [1.82, 2.24) is 5.43 Å². The summed E-state index contributed by atoms with van der Waals surface area (Å²) >= 11 is 5.90. The van der Waals surface area contributed by atoms with Crippen LogP contribution in [-0.2, 0) is 19.6 Å². The van der Waals surface area contributed by atoms with Crippen molar-refractivity contribution in [2.75, 3.05) is 43.2 Å². The Bertz CT molecular complexity index is 1450. The molecule has 0 heterocycles. The van der Waals surface area contributed by atoms with Crippen LogP contribution in [0.1, 0.15) is 5.56 Å². The van der Waals surface area contributed by atoms with E-state index in [-0.39, 0.29) is 18.2 Å². The van der Waals surface area contributed by atoms with Crippen molar-refractivity contribution < 1.29 is 32.2 Å². The monoisotopic (exact) mass is 574 g/mol. The van der Waals surface area contributed by atoms with E-state index in [2.05, 4.69) is 15.8 Å². The van der Waals surface area contributed by atoms with Crippen LogP contribution in [0, 0.1) is 0 Å². The van der Waals surface area contributed by atoms with Gasteiger partial charge in [0.2, 0.25) is 10.0 Å². The normalized spacial score (nSPS) is 11.1. The number of rotatable bonds is 12. The molecule has 39 heavy (non-hydrogen) atoms. The van der Waals surface area contributed by atoms with Crippen LogP contribution >= 0.6 is 11.6 Å². The third-order valence-electron chi connectivity index (χ3n) is 5.10. The van der Waals surface area contributed by atoms with Crippen LogP contribution in [-0.4, -0.2) is 60.1 Å². The van der Waals surface area contributed by atoms with Crippen molar-refractivity contribution in [3.05, 3.63) is 77.3 Å². The van der Waals surface area contributed by atoms with E-state index in [0.717, 1.165) is 10.6 Å². The number of hydrogen-bond donors (Lipinski definition) is 2. The molecule has 0 radical (unpaired) electrons. The van der Waals surface area contributed by atoms with Crippen LogP contribution in [0.15, 0.2) is 71.8 Å². The minimum atomic E-state index is -3.79. The summed E-state index contributed by atoms with van der Waals surface area (Å²) in [5.74, 6) is 0.187. The predicted octanol–water partition coefficient (Wildman–Crippen LogP) is 3.29. The summed E-state index contributed by atoms with van der Waals surface area (Å²) in [5, 5.41) is 7.07. The Labute approximate surface area is 231 Å². The fraction of sp³-hybridized carbons (Fsp3) is 0.192. The summed E-state index contributed by atoms with van der Waals surface area (Å²) < 4.78 is 41.5. The average Bonchev–Trinajstić information content (AvgIpc) is 2.90. The van der Waals surface area contributed by atoms with Crippen molar-refractivity contribution >= 4 is 51.0 Å². The Morgan fingerprint density at radius 1 is 0.974 bits per heavy atom. The second-order valence-electron chi connectivity index (χ2n) is 8.02. The molecule has 0 spiro atoms. The number of amides is 2. The zero-order chi connectivity index (χ0) is 28.4. The molecule has 0 fully saturated rings. The van der Waals surface area contributed by atoms with Gasteiger partial charge >= 0.3 is 0 Å². The van der Waals surface area contributed by atoms with Crippen molar-refractivity contribution in [2.45, 2.75) is 0 Å². The molecule has 3 aromatic rings. The fourth-order valence-electron chi connectivity index (χ4n) is 3.29. The molecule has 0 atom stereocenters. The number of ether oxygens (including phenoxy) is 3. The maximum Gasteiger partial charge on any atom is 0.262 e. The SMILES string of the molecule is COc1ccc(N(CC(=O)N/N=C\c2ccc(OCC(=O)Nc3cccc(Cl)c3)cc2)S(C)(=O)=O)cc1OC. The van der Waals surface area contributed by atoms with Gasteiger partial charge in [0.25, 0.3) is 11.8 Å². The van der Waals surface area contributed by atoms with Crippen molar-refractivity contribution in [2.24, 2.45) is 5.10 Å². The van der Waals surface area contributed by atoms with E-state index in [1.54, 1.807) is 54.6 Å². The first-order chi connectivity index (χ1) is 18.6. The lowest BCUT2D eigenvalue weighted by Crippen LogP contribution is -2.39. The Morgan fingerprint density at radius 3 is 2.33 bits per heavy atom. The maximum absolute atomic E-state index is 12.4. The summed E-state index contributed by atoms with van der Waals surface area (Å²) in [6.07, 6.45) is 2.37. The lowest BCUT2D eigenvalue weighted by atomic mass is 10.2. The highest BCUT2D eigenvalue weighted by atomic mass is 35.5. The van der Waals surface area contributed by atoms with Gasteiger partial charge in [-0.1, -0.05) is 17.7 Å². The van der Waals surface area contributed by atoms with Crippen LogP contribution < -0.4 is 29.3 Å². The molecule has 0 aromatic heterocycles. The van der Waals surface area contributed by atoms with Crippen LogP contribution in [0.2, 0.25) is 5.02 Å². The van der Waals surface area contributed by atoms with Crippen LogP contribution in [0.4, 0.5) is 11.4 Å². The lowest BCUT2D eigenvalue weighted by molar-refractivity contribution is -0.119. The molecule has 3 aromatic carbocycles. The summed E-state index contributed by atoms with van der Waals surface area (Å²) in [7, 11) is -0.914. The number of hydrogen-bond acceptors (Lipinski definition) is 8. The molecule has 206 valence electrons. The highest BCUT2D eigenvalue weighted by Gasteiger charge is 2.22. The van der Waals surface area contributed by atoms with Crippen molar-refractivity contribution in [3.63, 3.8) is 0 Å². The predicted molar refractivity (Wildman–Crippen MR) is 149 cm³/mol. The van der Waals surface area contributed by atoms with E-state index in [0.29, 0.717) is 33.5 Å².